The molecule has 0 bridgehead atoms. The average Bonchev–Trinajstić information content (AvgIpc) is 2.89. The van der Waals surface area contributed by atoms with Gasteiger partial charge >= 0.3 is 5.97 Å². The van der Waals surface area contributed by atoms with Crippen molar-refractivity contribution in [3.63, 3.8) is 0 Å². The third-order valence-electron chi connectivity index (χ3n) is 3.88. The van der Waals surface area contributed by atoms with Crippen LogP contribution in [-0.2, 0) is 15.1 Å². The SMILES string of the molecule is O=C(O)[C@H]1C[C@](O)(c2ccccc2)[C@@H](c2ccccc2)O1. The first-order valence-corrected chi connectivity index (χ1v) is 6.82. The van der Waals surface area contributed by atoms with Crippen LogP contribution < -0.4 is 0 Å². The minimum atomic E-state index is -1.34. The summed E-state index contributed by atoms with van der Waals surface area (Å²) < 4.78 is 5.63. The van der Waals surface area contributed by atoms with Crippen molar-refractivity contribution in [2.75, 3.05) is 0 Å². The minimum absolute atomic E-state index is 0.0336. The molecule has 4 heteroatoms. The highest BCUT2D eigenvalue weighted by Gasteiger charge is 2.51. The fourth-order valence-corrected chi connectivity index (χ4v) is 2.84. The Balaban J connectivity index is 2.05. The highest BCUT2D eigenvalue weighted by Crippen LogP contribution is 2.48. The summed E-state index contributed by atoms with van der Waals surface area (Å²) in [6, 6.07) is 18.3. The van der Waals surface area contributed by atoms with Crippen LogP contribution in [0.4, 0.5) is 0 Å². The summed E-state index contributed by atoms with van der Waals surface area (Å²) in [6.07, 6.45) is -1.67. The lowest BCUT2D eigenvalue weighted by atomic mass is 9.83. The number of rotatable bonds is 3. The first-order valence-electron chi connectivity index (χ1n) is 6.82. The fourth-order valence-electron chi connectivity index (χ4n) is 2.84. The van der Waals surface area contributed by atoms with Crippen molar-refractivity contribution in [1.29, 1.82) is 0 Å². The summed E-state index contributed by atoms with van der Waals surface area (Å²) in [5.41, 5.74) is 0.0984. The molecule has 2 N–H and O–H groups in total. The van der Waals surface area contributed by atoms with Crippen molar-refractivity contribution >= 4 is 5.97 Å². The molecule has 2 aromatic carbocycles. The molecule has 1 aliphatic heterocycles. The average molecular weight is 284 g/mol. The van der Waals surface area contributed by atoms with Gasteiger partial charge in [0.25, 0.3) is 0 Å². The molecule has 0 spiro atoms. The molecule has 21 heavy (non-hydrogen) atoms. The van der Waals surface area contributed by atoms with Gasteiger partial charge in [0.15, 0.2) is 6.10 Å². The summed E-state index contributed by atoms with van der Waals surface area (Å²) in [5.74, 6) is -1.05. The summed E-state index contributed by atoms with van der Waals surface area (Å²) in [4.78, 5) is 11.3. The molecule has 108 valence electrons. The van der Waals surface area contributed by atoms with Gasteiger partial charge in [0.2, 0.25) is 0 Å². The van der Waals surface area contributed by atoms with Crippen molar-refractivity contribution in [1.82, 2.24) is 0 Å². The zero-order valence-corrected chi connectivity index (χ0v) is 11.3. The van der Waals surface area contributed by atoms with E-state index in [0.29, 0.717) is 5.56 Å². The number of aliphatic hydroxyl groups is 1. The molecule has 4 nitrogen and oxygen atoms in total. The van der Waals surface area contributed by atoms with Crippen LogP contribution in [0, 0.1) is 0 Å². The maximum atomic E-state index is 11.3. The first kappa shape index (κ1) is 13.8. The lowest BCUT2D eigenvalue weighted by Crippen LogP contribution is -2.29. The molecule has 0 aliphatic carbocycles. The smallest absolute Gasteiger partial charge is 0.332 e. The van der Waals surface area contributed by atoms with Gasteiger partial charge in [-0.1, -0.05) is 60.7 Å². The predicted molar refractivity (Wildman–Crippen MR) is 76.6 cm³/mol. The van der Waals surface area contributed by atoms with Gasteiger partial charge in [0.1, 0.15) is 11.7 Å². The topological polar surface area (TPSA) is 66.8 Å². The van der Waals surface area contributed by atoms with Crippen LogP contribution in [0.5, 0.6) is 0 Å². The maximum Gasteiger partial charge on any atom is 0.332 e. The number of aliphatic carboxylic acids is 1. The van der Waals surface area contributed by atoms with E-state index >= 15 is 0 Å². The van der Waals surface area contributed by atoms with E-state index < -0.39 is 23.8 Å². The molecule has 3 atom stereocenters. The predicted octanol–water partition coefficient (Wildman–Crippen LogP) is 2.49. The number of hydrogen-bond acceptors (Lipinski definition) is 3. The molecule has 2 aromatic rings. The molecular weight excluding hydrogens is 268 g/mol. The Morgan fingerprint density at radius 2 is 1.62 bits per heavy atom. The third-order valence-corrected chi connectivity index (χ3v) is 3.88. The van der Waals surface area contributed by atoms with E-state index in [1.165, 1.54) is 0 Å². The van der Waals surface area contributed by atoms with E-state index in [9.17, 15) is 15.0 Å². The van der Waals surface area contributed by atoms with Crippen LogP contribution in [-0.4, -0.2) is 22.3 Å². The molecule has 1 aliphatic rings. The van der Waals surface area contributed by atoms with Crippen molar-refractivity contribution in [3.8, 4) is 0 Å². The number of benzene rings is 2. The lowest BCUT2D eigenvalue weighted by molar-refractivity contribution is -0.150. The van der Waals surface area contributed by atoms with Gasteiger partial charge in [-0.15, -0.1) is 0 Å². The monoisotopic (exact) mass is 284 g/mol. The van der Waals surface area contributed by atoms with Gasteiger partial charge in [-0.05, 0) is 11.1 Å². The Morgan fingerprint density at radius 1 is 1.05 bits per heavy atom. The molecule has 1 fully saturated rings. The van der Waals surface area contributed by atoms with Crippen molar-refractivity contribution in [3.05, 3.63) is 71.8 Å². The number of carboxylic acid groups (broad SMARTS) is 1. The Bertz CT molecular complexity index is 626. The van der Waals surface area contributed by atoms with E-state index in [1.54, 1.807) is 12.1 Å². The van der Waals surface area contributed by atoms with E-state index in [4.69, 9.17) is 4.74 Å². The van der Waals surface area contributed by atoms with Gasteiger partial charge in [-0.3, -0.25) is 0 Å². The van der Waals surface area contributed by atoms with Crippen LogP contribution in [0.1, 0.15) is 23.7 Å². The first-order chi connectivity index (χ1) is 10.1. The standard InChI is InChI=1S/C17H16O4/c18-16(19)14-11-17(20,13-9-5-2-6-10-13)15(21-14)12-7-3-1-4-8-12/h1-10,14-15,20H,11H2,(H,18,19)/t14-,15-,17+/m1/s1. The van der Waals surface area contributed by atoms with Gasteiger partial charge in [-0.2, -0.15) is 0 Å². The Labute approximate surface area is 122 Å². The Hall–Kier alpha value is -2.17. The zero-order valence-electron chi connectivity index (χ0n) is 11.3. The molecule has 3 rings (SSSR count). The lowest BCUT2D eigenvalue weighted by Gasteiger charge is -2.29. The second-order valence-electron chi connectivity index (χ2n) is 5.25. The fraction of sp³-hybridized carbons (Fsp3) is 0.235. The zero-order chi connectivity index (χ0) is 14.9. The Morgan fingerprint density at radius 3 is 2.19 bits per heavy atom. The van der Waals surface area contributed by atoms with E-state index in [-0.39, 0.29) is 6.42 Å². The van der Waals surface area contributed by atoms with Crippen LogP contribution >= 0.6 is 0 Å². The van der Waals surface area contributed by atoms with Gasteiger partial charge in [0, 0.05) is 6.42 Å². The van der Waals surface area contributed by atoms with E-state index in [0.717, 1.165) is 5.56 Å². The summed E-state index contributed by atoms with van der Waals surface area (Å²) in [6.45, 7) is 0. The van der Waals surface area contributed by atoms with E-state index in [1.807, 2.05) is 48.5 Å². The van der Waals surface area contributed by atoms with Crippen LogP contribution in [0.3, 0.4) is 0 Å². The van der Waals surface area contributed by atoms with Crippen molar-refractivity contribution in [2.24, 2.45) is 0 Å². The molecule has 0 aromatic heterocycles. The molecule has 0 radical (unpaired) electrons. The summed E-state index contributed by atoms with van der Waals surface area (Å²) >= 11 is 0. The quantitative estimate of drug-likeness (QED) is 0.908. The largest absolute Gasteiger partial charge is 0.479 e. The molecule has 1 heterocycles. The number of carboxylic acids is 1. The summed E-state index contributed by atoms with van der Waals surface area (Å²) in [5, 5.41) is 20.3. The van der Waals surface area contributed by atoms with Crippen molar-refractivity contribution < 1.29 is 19.7 Å². The normalized spacial score (nSPS) is 28.4. The molecular formula is C17H16O4. The van der Waals surface area contributed by atoms with E-state index in [2.05, 4.69) is 0 Å². The molecule has 0 saturated carbocycles. The third kappa shape index (κ3) is 2.44. The van der Waals surface area contributed by atoms with Gasteiger partial charge in [0.05, 0.1) is 0 Å². The van der Waals surface area contributed by atoms with Crippen LogP contribution in [0.15, 0.2) is 60.7 Å². The molecule has 1 saturated heterocycles. The van der Waals surface area contributed by atoms with Gasteiger partial charge < -0.3 is 14.9 Å². The summed E-state index contributed by atoms with van der Waals surface area (Å²) in [7, 11) is 0. The molecule has 0 amide bonds. The molecule has 0 unspecified atom stereocenters. The van der Waals surface area contributed by atoms with Crippen molar-refractivity contribution in [2.45, 2.75) is 24.2 Å². The maximum absolute atomic E-state index is 11.3. The second kappa shape index (κ2) is 5.31. The Kier molecular flexibility index (Phi) is 3.49. The number of carbonyl (C=O) groups is 1. The van der Waals surface area contributed by atoms with Crippen LogP contribution in [0.2, 0.25) is 0 Å². The van der Waals surface area contributed by atoms with Gasteiger partial charge in [-0.25, -0.2) is 4.79 Å². The highest BCUT2D eigenvalue weighted by molar-refractivity contribution is 5.73. The number of hydrogen-bond donors (Lipinski definition) is 2. The minimum Gasteiger partial charge on any atom is -0.479 e. The number of ether oxygens (including phenoxy) is 1. The highest BCUT2D eigenvalue weighted by atomic mass is 16.5. The second-order valence-corrected chi connectivity index (χ2v) is 5.25. The van der Waals surface area contributed by atoms with Crippen LogP contribution in [0.25, 0.3) is 0 Å².